The van der Waals surface area contributed by atoms with Gasteiger partial charge >= 0.3 is 0 Å². The van der Waals surface area contributed by atoms with Gasteiger partial charge in [-0.15, -0.1) is 0 Å². The molecule has 0 aliphatic carbocycles. The van der Waals surface area contributed by atoms with E-state index in [-0.39, 0.29) is 6.61 Å². The van der Waals surface area contributed by atoms with Crippen LogP contribution in [-0.2, 0) is 4.74 Å². The number of hydrogen-bond donors (Lipinski definition) is 5. The van der Waals surface area contributed by atoms with Crippen molar-refractivity contribution >= 4 is 0 Å². The predicted octanol–water partition coefficient (Wildman–Crippen LogP) is 1.08. The fraction of sp³-hybridized carbons (Fsp3) is 1.00. The number of unbranched alkanes of at least 4 members (excludes halogenated alkanes) is 9. The monoisotopic (exact) mass is 347 g/mol. The zero-order chi connectivity index (χ0) is 17.8. The second-order valence-electron chi connectivity index (χ2n) is 6.98. The Morgan fingerprint density at radius 1 is 0.625 bits per heavy atom. The normalized spacial score (nSPS) is 30.6. The Bertz CT molecular complexity index is 303. The van der Waals surface area contributed by atoms with Crippen LogP contribution in [0.2, 0.25) is 0 Å². The van der Waals surface area contributed by atoms with Crippen molar-refractivity contribution in [2.75, 3.05) is 13.2 Å². The van der Waals surface area contributed by atoms with E-state index in [0.717, 1.165) is 25.8 Å². The highest BCUT2D eigenvalue weighted by molar-refractivity contribution is 4.91. The van der Waals surface area contributed by atoms with Gasteiger partial charge in [-0.2, -0.15) is 0 Å². The van der Waals surface area contributed by atoms with E-state index in [1.54, 1.807) is 0 Å². The summed E-state index contributed by atoms with van der Waals surface area (Å²) in [5.41, 5.74) is 5.47. The van der Waals surface area contributed by atoms with Crippen LogP contribution < -0.4 is 5.73 Å². The quantitative estimate of drug-likeness (QED) is 0.318. The van der Waals surface area contributed by atoms with Crippen LogP contribution in [0.1, 0.15) is 70.6 Å². The Morgan fingerprint density at radius 3 is 1.58 bits per heavy atom. The second-order valence-corrected chi connectivity index (χ2v) is 6.98. The molecule has 0 aromatic heterocycles. The first-order valence-electron chi connectivity index (χ1n) is 9.62. The Hall–Kier alpha value is -0.240. The predicted molar refractivity (Wildman–Crippen MR) is 93.6 cm³/mol. The van der Waals surface area contributed by atoms with Crippen LogP contribution in [0.5, 0.6) is 0 Å². The van der Waals surface area contributed by atoms with E-state index in [4.69, 9.17) is 15.6 Å². The van der Waals surface area contributed by atoms with Gasteiger partial charge in [0.15, 0.2) is 0 Å². The molecule has 0 amide bonds. The lowest BCUT2D eigenvalue weighted by Crippen LogP contribution is -2.58. The zero-order valence-electron chi connectivity index (χ0n) is 14.9. The third-order valence-electron chi connectivity index (χ3n) is 4.93. The molecular formula is C18H37NO5. The first kappa shape index (κ1) is 21.8. The van der Waals surface area contributed by atoms with Gasteiger partial charge < -0.3 is 30.9 Å². The van der Waals surface area contributed by atoms with E-state index < -0.39 is 30.5 Å². The third kappa shape index (κ3) is 7.76. The molecule has 0 aromatic rings. The Labute approximate surface area is 146 Å². The number of hydrogen-bond acceptors (Lipinski definition) is 6. The maximum Gasteiger partial charge on any atom is 0.111 e. The molecule has 1 heterocycles. The van der Waals surface area contributed by atoms with E-state index in [1.807, 2.05) is 0 Å². The van der Waals surface area contributed by atoms with Crippen molar-refractivity contribution in [1.29, 1.82) is 0 Å². The maximum absolute atomic E-state index is 9.96. The molecule has 1 aliphatic heterocycles. The summed E-state index contributed by atoms with van der Waals surface area (Å²) in [6.45, 7) is 0.446. The standard InChI is InChI=1S/C18H37NO5/c19-12-10-8-6-4-2-1-3-5-7-9-11-14-16(21)18(23)17(22)15(13-20)24-14/h14-18,20-23H,1-13,19H2/t14?,15-,16-,17-,18-/m1/s1. The minimum Gasteiger partial charge on any atom is -0.394 e. The molecule has 1 rings (SSSR count). The lowest BCUT2D eigenvalue weighted by molar-refractivity contribution is -0.230. The molecule has 144 valence electrons. The van der Waals surface area contributed by atoms with E-state index in [0.29, 0.717) is 6.42 Å². The summed E-state index contributed by atoms with van der Waals surface area (Å²) in [7, 11) is 0. The smallest absolute Gasteiger partial charge is 0.111 e. The Balaban J connectivity index is 2.02. The summed E-state index contributed by atoms with van der Waals surface area (Å²) < 4.78 is 5.50. The number of aliphatic hydroxyl groups is 4. The summed E-state index contributed by atoms with van der Waals surface area (Å²) in [6.07, 6.45) is 7.65. The van der Waals surface area contributed by atoms with Crippen molar-refractivity contribution in [2.45, 2.75) is 101 Å². The lowest BCUT2D eigenvalue weighted by Gasteiger charge is -2.40. The van der Waals surface area contributed by atoms with Gasteiger partial charge in [0.2, 0.25) is 0 Å². The van der Waals surface area contributed by atoms with Crippen LogP contribution in [0.3, 0.4) is 0 Å². The molecule has 6 nitrogen and oxygen atoms in total. The molecule has 1 aliphatic rings. The summed E-state index contributed by atoms with van der Waals surface area (Å²) in [5, 5.41) is 38.6. The Kier molecular flexibility index (Phi) is 11.8. The SMILES string of the molecule is NCCCCCCCCCCCCC1O[C@H](CO)[C@@H](O)[C@H](O)[C@@H]1O. The van der Waals surface area contributed by atoms with Gasteiger partial charge in [-0.05, 0) is 19.4 Å². The summed E-state index contributed by atoms with van der Waals surface area (Å²) >= 11 is 0. The molecule has 5 atom stereocenters. The summed E-state index contributed by atoms with van der Waals surface area (Å²) in [5.74, 6) is 0. The van der Waals surface area contributed by atoms with Gasteiger partial charge in [-0.1, -0.05) is 57.8 Å². The molecule has 1 unspecified atom stereocenters. The van der Waals surface area contributed by atoms with Crippen molar-refractivity contribution in [3.05, 3.63) is 0 Å². The lowest BCUT2D eigenvalue weighted by atomic mass is 9.92. The summed E-state index contributed by atoms with van der Waals surface area (Å²) in [4.78, 5) is 0. The molecule has 1 saturated heterocycles. The topological polar surface area (TPSA) is 116 Å². The molecule has 0 radical (unpaired) electrons. The molecule has 0 aromatic carbocycles. The molecule has 0 bridgehead atoms. The highest BCUT2D eigenvalue weighted by Crippen LogP contribution is 2.24. The molecular weight excluding hydrogens is 310 g/mol. The number of rotatable bonds is 13. The molecule has 24 heavy (non-hydrogen) atoms. The minimum absolute atomic E-state index is 0.354. The largest absolute Gasteiger partial charge is 0.394 e. The van der Waals surface area contributed by atoms with Crippen LogP contribution in [0.25, 0.3) is 0 Å². The molecule has 1 fully saturated rings. The van der Waals surface area contributed by atoms with Crippen LogP contribution in [0.15, 0.2) is 0 Å². The van der Waals surface area contributed by atoms with Crippen LogP contribution in [0, 0.1) is 0 Å². The number of aliphatic hydroxyl groups excluding tert-OH is 4. The van der Waals surface area contributed by atoms with Crippen LogP contribution in [-0.4, -0.2) is 64.1 Å². The van der Waals surface area contributed by atoms with Crippen molar-refractivity contribution in [3.63, 3.8) is 0 Å². The van der Waals surface area contributed by atoms with Gasteiger partial charge in [-0.3, -0.25) is 0 Å². The third-order valence-corrected chi connectivity index (χ3v) is 4.93. The van der Waals surface area contributed by atoms with Gasteiger partial charge in [-0.25, -0.2) is 0 Å². The average Bonchev–Trinajstić information content (AvgIpc) is 2.59. The molecule has 6 heteroatoms. The summed E-state index contributed by atoms with van der Waals surface area (Å²) in [6, 6.07) is 0. The molecule has 0 saturated carbocycles. The molecule has 0 spiro atoms. The van der Waals surface area contributed by atoms with Crippen molar-refractivity contribution in [1.82, 2.24) is 0 Å². The second kappa shape index (κ2) is 13.0. The van der Waals surface area contributed by atoms with Gasteiger partial charge in [0.1, 0.15) is 24.4 Å². The van der Waals surface area contributed by atoms with Crippen molar-refractivity contribution in [3.8, 4) is 0 Å². The average molecular weight is 347 g/mol. The zero-order valence-corrected chi connectivity index (χ0v) is 14.9. The Morgan fingerprint density at radius 2 is 1.08 bits per heavy atom. The maximum atomic E-state index is 9.96. The highest BCUT2D eigenvalue weighted by Gasteiger charge is 2.42. The molecule has 6 N–H and O–H groups in total. The van der Waals surface area contributed by atoms with Crippen LogP contribution in [0.4, 0.5) is 0 Å². The minimum atomic E-state index is -1.25. The van der Waals surface area contributed by atoms with Gasteiger partial charge in [0.25, 0.3) is 0 Å². The van der Waals surface area contributed by atoms with Gasteiger partial charge in [0.05, 0.1) is 12.7 Å². The van der Waals surface area contributed by atoms with E-state index in [2.05, 4.69) is 0 Å². The number of nitrogens with two attached hydrogens (primary N) is 1. The number of ether oxygens (including phenoxy) is 1. The fourth-order valence-electron chi connectivity index (χ4n) is 3.32. The highest BCUT2D eigenvalue weighted by atomic mass is 16.5. The van der Waals surface area contributed by atoms with E-state index in [1.165, 1.54) is 44.9 Å². The first-order valence-corrected chi connectivity index (χ1v) is 9.62. The van der Waals surface area contributed by atoms with Crippen molar-refractivity contribution in [2.24, 2.45) is 5.73 Å². The van der Waals surface area contributed by atoms with Gasteiger partial charge in [0, 0.05) is 0 Å². The van der Waals surface area contributed by atoms with E-state index >= 15 is 0 Å². The van der Waals surface area contributed by atoms with E-state index in [9.17, 15) is 15.3 Å². The first-order chi connectivity index (χ1) is 11.6. The fourth-order valence-corrected chi connectivity index (χ4v) is 3.32. The van der Waals surface area contributed by atoms with Crippen LogP contribution >= 0.6 is 0 Å². The van der Waals surface area contributed by atoms with Crippen molar-refractivity contribution < 1.29 is 25.2 Å².